The fraction of sp³-hybridized carbons (Fsp3) is 1.00. The summed E-state index contributed by atoms with van der Waals surface area (Å²) in [6.45, 7) is 14.2. The third-order valence-electron chi connectivity index (χ3n) is 6.53. The van der Waals surface area contributed by atoms with Crippen LogP contribution in [0.5, 0.6) is 0 Å². The Bertz CT molecular complexity index is 320. The molecule has 0 aromatic rings. The highest BCUT2D eigenvalue weighted by Gasteiger charge is 2.40. The summed E-state index contributed by atoms with van der Waals surface area (Å²) in [5, 5.41) is 0. The number of hydrogen-bond acceptors (Lipinski definition) is 2. The van der Waals surface area contributed by atoms with Crippen molar-refractivity contribution in [1.82, 2.24) is 4.90 Å². The van der Waals surface area contributed by atoms with Crippen molar-refractivity contribution in [3.05, 3.63) is 0 Å². The molecular weight excluding hydrogens is 256 g/mol. The van der Waals surface area contributed by atoms with Crippen LogP contribution in [0.15, 0.2) is 0 Å². The van der Waals surface area contributed by atoms with Crippen LogP contribution >= 0.6 is 0 Å². The second-order valence-corrected chi connectivity index (χ2v) is 8.65. The molecule has 0 heterocycles. The first-order valence-electron chi connectivity index (χ1n) is 9.34. The monoisotopic (exact) mass is 294 g/mol. The summed E-state index contributed by atoms with van der Waals surface area (Å²) >= 11 is 0. The Balaban J connectivity index is 2.10. The highest BCUT2D eigenvalue weighted by atomic mass is 15.2. The van der Waals surface area contributed by atoms with E-state index >= 15 is 0 Å². The van der Waals surface area contributed by atoms with Crippen LogP contribution in [0.3, 0.4) is 0 Å². The molecule has 0 spiro atoms. The minimum atomic E-state index is 0.486. The van der Waals surface area contributed by atoms with Crippen molar-refractivity contribution in [3.63, 3.8) is 0 Å². The van der Waals surface area contributed by atoms with E-state index in [2.05, 4.69) is 39.5 Å². The number of hydrogen-bond donors (Lipinski definition) is 1. The largest absolute Gasteiger partial charge is 0.330 e. The topological polar surface area (TPSA) is 29.3 Å². The van der Waals surface area contributed by atoms with E-state index < -0.39 is 0 Å². The van der Waals surface area contributed by atoms with Gasteiger partial charge < -0.3 is 5.73 Å². The molecule has 0 aliphatic heterocycles. The lowest BCUT2D eigenvalue weighted by Gasteiger charge is -2.48. The van der Waals surface area contributed by atoms with Gasteiger partial charge in [-0.1, -0.05) is 27.2 Å². The summed E-state index contributed by atoms with van der Waals surface area (Å²) in [5.74, 6) is 2.57. The second kappa shape index (κ2) is 7.00. The smallest absolute Gasteiger partial charge is 0.0141 e. The highest BCUT2D eigenvalue weighted by molar-refractivity contribution is 4.94. The average Bonchev–Trinajstić information content (AvgIpc) is 3.27. The van der Waals surface area contributed by atoms with Gasteiger partial charge in [0, 0.05) is 18.6 Å². The maximum absolute atomic E-state index is 6.14. The van der Waals surface area contributed by atoms with Crippen LogP contribution in [0.4, 0.5) is 0 Å². The first-order chi connectivity index (χ1) is 9.89. The second-order valence-electron chi connectivity index (χ2n) is 8.65. The quantitative estimate of drug-likeness (QED) is 0.759. The highest BCUT2D eigenvalue weighted by Crippen LogP contribution is 2.44. The molecule has 21 heavy (non-hydrogen) atoms. The normalized spacial score (nSPS) is 31.1. The summed E-state index contributed by atoms with van der Waals surface area (Å²) in [7, 11) is 0. The van der Waals surface area contributed by atoms with Gasteiger partial charge in [-0.3, -0.25) is 4.90 Å². The van der Waals surface area contributed by atoms with Crippen molar-refractivity contribution in [2.45, 2.75) is 85.2 Å². The van der Waals surface area contributed by atoms with E-state index in [1.807, 2.05) is 0 Å². The summed E-state index contributed by atoms with van der Waals surface area (Å²) in [5.41, 5.74) is 6.62. The zero-order valence-electron chi connectivity index (χ0n) is 15.1. The number of nitrogens with zero attached hydrogens (tertiary/aromatic N) is 1. The molecule has 3 atom stereocenters. The minimum absolute atomic E-state index is 0.486. The minimum Gasteiger partial charge on any atom is -0.330 e. The molecule has 0 amide bonds. The Morgan fingerprint density at radius 3 is 2.29 bits per heavy atom. The van der Waals surface area contributed by atoms with Crippen molar-refractivity contribution >= 4 is 0 Å². The lowest BCUT2D eigenvalue weighted by Crippen LogP contribution is -2.51. The van der Waals surface area contributed by atoms with E-state index in [-0.39, 0.29) is 0 Å². The van der Waals surface area contributed by atoms with Gasteiger partial charge in [0.25, 0.3) is 0 Å². The molecule has 2 aliphatic rings. The molecule has 2 nitrogen and oxygen atoms in total. The van der Waals surface area contributed by atoms with Gasteiger partial charge >= 0.3 is 0 Å². The van der Waals surface area contributed by atoms with E-state index in [4.69, 9.17) is 5.73 Å². The predicted octanol–water partition coefficient (Wildman–Crippen LogP) is 4.29. The van der Waals surface area contributed by atoms with Gasteiger partial charge in [0.15, 0.2) is 0 Å². The molecule has 3 unspecified atom stereocenters. The summed E-state index contributed by atoms with van der Waals surface area (Å²) in [4.78, 5) is 2.81. The first kappa shape index (κ1) is 17.3. The maximum Gasteiger partial charge on any atom is 0.0141 e. The lowest BCUT2D eigenvalue weighted by molar-refractivity contribution is 0.0194. The summed E-state index contributed by atoms with van der Waals surface area (Å²) in [6, 6.07) is 1.38. The fourth-order valence-electron chi connectivity index (χ4n) is 4.22. The van der Waals surface area contributed by atoms with Crippen molar-refractivity contribution in [2.75, 3.05) is 13.1 Å². The van der Waals surface area contributed by atoms with Gasteiger partial charge in [-0.2, -0.15) is 0 Å². The maximum atomic E-state index is 6.14. The molecule has 2 fully saturated rings. The molecule has 2 heteroatoms. The number of rotatable bonds is 7. The van der Waals surface area contributed by atoms with Gasteiger partial charge in [-0.25, -0.2) is 0 Å². The lowest BCUT2D eigenvalue weighted by atomic mass is 9.65. The zero-order valence-corrected chi connectivity index (χ0v) is 15.1. The summed E-state index contributed by atoms with van der Waals surface area (Å²) in [6.07, 6.45) is 8.29. The van der Waals surface area contributed by atoms with Crippen LogP contribution < -0.4 is 5.73 Å². The molecule has 0 saturated heterocycles. The van der Waals surface area contributed by atoms with Crippen molar-refractivity contribution in [2.24, 2.45) is 28.9 Å². The predicted molar refractivity (Wildman–Crippen MR) is 92.3 cm³/mol. The Morgan fingerprint density at radius 2 is 1.81 bits per heavy atom. The Labute approximate surface area is 132 Å². The molecule has 0 aromatic heterocycles. The SMILES string of the molecule is CCC(C)(C)C1CCC(CN)C(N(CC2CC2)C(C)C)C1. The van der Waals surface area contributed by atoms with Gasteiger partial charge in [-0.15, -0.1) is 0 Å². The van der Waals surface area contributed by atoms with Gasteiger partial charge in [-0.05, 0) is 75.7 Å². The van der Waals surface area contributed by atoms with Crippen molar-refractivity contribution in [3.8, 4) is 0 Å². The first-order valence-corrected chi connectivity index (χ1v) is 9.34. The van der Waals surface area contributed by atoms with E-state index in [1.165, 1.54) is 45.1 Å². The molecule has 2 aliphatic carbocycles. The van der Waals surface area contributed by atoms with Gasteiger partial charge in [0.2, 0.25) is 0 Å². The van der Waals surface area contributed by atoms with Crippen LogP contribution in [0.25, 0.3) is 0 Å². The Hall–Kier alpha value is -0.0800. The summed E-state index contributed by atoms with van der Waals surface area (Å²) < 4.78 is 0. The van der Waals surface area contributed by atoms with Crippen LogP contribution in [0, 0.1) is 23.2 Å². The fourth-order valence-corrected chi connectivity index (χ4v) is 4.22. The van der Waals surface area contributed by atoms with Crippen LogP contribution in [-0.4, -0.2) is 30.1 Å². The molecule has 2 rings (SSSR count). The van der Waals surface area contributed by atoms with Gasteiger partial charge in [0.05, 0.1) is 0 Å². The molecule has 2 N–H and O–H groups in total. The van der Waals surface area contributed by atoms with Crippen LogP contribution in [0.1, 0.15) is 73.1 Å². The Morgan fingerprint density at radius 1 is 1.14 bits per heavy atom. The molecule has 2 saturated carbocycles. The van der Waals surface area contributed by atoms with Crippen LogP contribution in [-0.2, 0) is 0 Å². The molecule has 124 valence electrons. The standard InChI is InChI=1S/C19H38N2/c1-6-19(4,5)17-10-9-16(12-20)18(11-17)21(14(2)3)13-15-7-8-15/h14-18H,6-13,20H2,1-5H3. The third kappa shape index (κ3) is 4.22. The molecule has 0 bridgehead atoms. The average molecular weight is 295 g/mol. The molecular formula is C19H38N2. The van der Waals surface area contributed by atoms with Crippen molar-refractivity contribution < 1.29 is 0 Å². The van der Waals surface area contributed by atoms with E-state index in [9.17, 15) is 0 Å². The molecule has 0 aromatic carbocycles. The zero-order chi connectivity index (χ0) is 15.6. The van der Waals surface area contributed by atoms with Crippen molar-refractivity contribution in [1.29, 1.82) is 0 Å². The van der Waals surface area contributed by atoms with E-state index in [0.29, 0.717) is 11.5 Å². The Kier molecular flexibility index (Phi) is 5.76. The van der Waals surface area contributed by atoms with Gasteiger partial charge in [0.1, 0.15) is 0 Å². The van der Waals surface area contributed by atoms with E-state index in [0.717, 1.165) is 30.3 Å². The third-order valence-corrected chi connectivity index (χ3v) is 6.53. The number of nitrogens with two attached hydrogens (primary N) is 1. The van der Waals surface area contributed by atoms with Crippen LogP contribution in [0.2, 0.25) is 0 Å². The molecule has 0 radical (unpaired) electrons. The van der Waals surface area contributed by atoms with E-state index in [1.54, 1.807) is 0 Å².